The molecule has 1 saturated carbocycles. The lowest BCUT2D eigenvalue weighted by molar-refractivity contribution is 0.678. The molecule has 0 spiro atoms. The van der Waals surface area contributed by atoms with Gasteiger partial charge < -0.3 is 5.32 Å². The minimum absolute atomic E-state index is 0.682. The average Bonchev–Trinajstić information content (AvgIpc) is 3.24. The molecule has 5 heteroatoms. The number of halogens is 1. The number of benzene rings is 1. The second-order valence-electron chi connectivity index (χ2n) is 5.42. The van der Waals surface area contributed by atoms with Crippen LogP contribution in [0.5, 0.6) is 0 Å². The van der Waals surface area contributed by atoms with Crippen LogP contribution in [0.3, 0.4) is 0 Å². The average molecular weight is 390 g/mol. The largest absolute Gasteiger partial charge is 0.310 e. The van der Waals surface area contributed by atoms with Gasteiger partial charge in [0.05, 0.1) is 15.3 Å². The van der Waals surface area contributed by atoms with Crippen molar-refractivity contribution in [3.05, 3.63) is 51.9 Å². The minimum atomic E-state index is 0.682. The Bertz CT molecular complexity index is 792. The Kier molecular flexibility index (Phi) is 3.39. The van der Waals surface area contributed by atoms with Crippen molar-refractivity contribution in [3.63, 3.8) is 0 Å². The first-order valence-corrected chi connectivity index (χ1v) is 8.20. The summed E-state index contributed by atoms with van der Waals surface area (Å²) in [6.07, 6.45) is 6.44. The van der Waals surface area contributed by atoms with Crippen LogP contribution in [-0.2, 0) is 6.54 Å². The fourth-order valence-corrected chi connectivity index (χ4v) is 2.82. The van der Waals surface area contributed by atoms with Crippen molar-refractivity contribution in [3.8, 4) is 5.82 Å². The monoisotopic (exact) mass is 390 g/mol. The van der Waals surface area contributed by atoms with Crippen molar-refractivity contribution in [1.82, 2.24) is 20.1 Å². The second kappa shape index (κ2) is 5.38. The molecule has 0 amide bonds. The molecule has 1 fully saturated rings. The van der Waals surface area contributed by atoms with Gasteiger partial charge in [-0.25, -0.2) is 9.67 Å². The fourth-order valence-electron chi connectivity index (χ4n) is 2.44. The van der Waals surface area contributed by atoms with Crippen LogP contribution in [0.25, 0.3) is 16.7 Å². The number of hydrogen-bond donors (Lipinski definition) is 1. The zero-order valence-electron chi connectivity index (χ0n) is 11.5. The van der Waals surface area contributed by atoms with Gasteiger partial charge in [-0.15, -0.1) is 0 Å². The van der Waals surface area contributed by atoms with Gasteiger partial charge in [-0.3, -0.25) is 0 Å². The first-order valence-electron chi connectivity index (χ1n) is 7.12. The van der Waals surface area contributed by atoms with Crippen LogP contribution in [-0.4, -0.2) is 20.8 Å². The zero-order valence-corrected chi connectivity index (χ0v) is 13.6. The quantitative estimate of drug-likeness (QED) is 0.696. The maximum absolute atomic E-state index is 4.81. The van der Waals surface area contributed by atoms with Crippen LogP contribution in [0.4, 0.5) is 0 Å². The summed E-state index contributed by atoms with van der Waals surface area (Å²) in [5.41, 5.74) is 2.20. The number of nitrogens with one attached hydrogen (secondary N) is 1. The van der Waals surface area contributed by atoms with Crippen LogP contribution in [0, 0.1) is 3.57 Å². The Morgan fingerprint density at radius 1 is 1.29 bits per heavy atom. The third-order valence-electron chi connectivity index (χ3n) is 3.71. The molecule has 0 bridgehead atoms. The molecule has 0 radical (unpaired) electrons. The number of fused-ring (bicyclic) bond motifs is 1. The smallest absolute Gasteiger partial charge is 0.158 e. The molecule has 106 valence electrons. The highest BCUT2D eigenvalue weighted by Crippen LogP contribution is 2.23. The molecule has 0 atom stereocenters. The number of nitrogens with zero attached hydrogens (tertiary/aromatic N) is 3. The van der Waals surface area contributed by atoms with Gasteiger partial charge >= 0.3 is 0 Å². The molecular weight excluding hydrogens is 375 g/mol. The van der Waals surface area contributed by atoms with E-state index < -0.39 is 0 Å². The molecule has 1 aromatic carbocycles. The summed E-state index contributed by atoms with van der Waals surface area (Å²) >= 11 is 2.27. The Balaban J connectivity index is 1.81. The van der Waals surface area contributed by atoms with Crippen molar-refractivity contribution in [2.45, 2.75) is 25.4 Å². The van der Waals surface area contributed by atoms with Crippen molar-refractivity contribution < 1.29 is 0 Å². The summed E-state index contributed by atoms with van der Waals surface area (Å²) in [7, 11) is 0. The molecule has 4 rings (SSSR count). The Hall–Kier alpha value is -1.47. The Morgan fingerprint density at radius 2 is 2.14 bits per heavy atom. The molecule has 0 aliphatic heterocycles. The first kappa shape index (κ1) is 13.2. The fraction of sp³-hybridized carbons (Fsp3) is 0.250. The van der Waals surface area contributed by atoms with E-state index in [4.69, 9.17) is 4.98 Å². The maximum Gasteiger partial charge on any atom is 0.158 e. The summed E-state index contributed by atoms with van der Waals surface area (Å²) in [6.45, 7) is 0.842. The number of hydrogen-bond acceptors (Lipinski definition) is 3. The third kappa shape index (κ3) is 2.80. The topological polar surface area (TPSA) is 42.7 Å². The lowest BCUT2D eigenvalue weighted by atomic mass is 10.1. The van der Waals surface area contributed by atoms with Gasteiger partial charge in [0.15, 0.2) is 5.82 Å². The standard InChI is InChI=1S/C16H15IN4/c17-13-9-19-21(10-13)16-12(8-18-14-5-6-14)7-11-3-1-2-4-15(11)20-16/h1-4,7,9-10,14,18H,5-6,8H2. The van der Waals surface area contributed by atoms with Gasteiger partial charge in [-0.05, 0) is 47.6 Å². The third-order valence-corrected chi connectivity index (χ3v) is 4.26. The van der Waals surface area contributed by atoms with Crippen LogP contribution in [0.2, 0.25) is 0 Å². The van der Waals surface area contributed by atoms with E-state index in [1.807, 2.05) is 29.2 Å². The molecule has 21 heavy (non-hydrogen) atoms. The van der Waals surface area contributed by atoms with Gasteiger partial charge in [0, 0.05) is 29.7 Å². The van der Waals surface area contributed by atoms with Crippen LogP contribution in [0.1, 0.15) is 18.4 Å². The zero-order chi connectivity index (χ0) is 14.2. The van der Waals surface area contributed by atoms with Gasteiger partial charge in [0.25, 0.3) is 0 Å². The molecular formula is C16H15IN4. The highest BCUT2D eigenvalue weighted by molar-refractivity contribution is 14.1. The molecule has 0 saturated heterocycles. The predicted octanol–water partition coefficient (Wildman–Crippen LogP) is 3.28. The molecule has 1 aliphatic carbocycles. The number of aromatic nitrogens is 3. The van der Waals surface area contributed by atoms with Crippen molar-refractivity contribution in [2.75, 3.05) is 0 Å². The highest BCUT2D eigenvalue weighted by Gasteiger charge is 2.21. The van der Waals surface area contributed by atoms with E-state index in [2.05, 4.69) is 51.2 Å². The summed E-state index contributed by atoms with van der Waals surface area (Å²) in [4.78, 5) is 4.81. The number of rotatable bonds is 4. The van der Waals surface area contributed by atoms with E-state index in [1.54, 1.807) is 0 Å². The summed E-state index contributed by atoms with van der Waals surface area (Å²) in [5, 5.41) is 9.16. The van der Waals surface area contributed by atoms with E-state index in [9.17, 15) is 0 Å². The van der Waals surface area contributed by atoms with E-state index in [0.29, 0.717) is 6.04 Å². The molecule has 2 aromatic heterocycles. The van der Waals surface area contributed by atoms with Crippen molar-refractivity contribution in [1.29, 1.82) is 0 Å². The van der Waals surface area contributed by atoms with Crippen LogP contribution >= 0.6 is 22.6 Å². The normalized spacial score (nSPS) is 14.7. The summed E-state index contributed by atoms with van der Waals surface area (Å²) < 4.78 is 2.99. The Labute approximate surface area is 136 Å². The van der Waals surface area contributed by atoms with Gasteiger partial charge in [-0.1, -0.05) is 18.2 Å². The minimum Gasteiger partial charge on any atom is -0.310 e. The van der Waals surface area contributed by atoms with Gasteiger partial charge in [0.1, 0.15) is 0 Å². The maximum atomic E-state index is 4.81. The second-order valence-corrected chi connectivity index (χ2v) is 6.67. The molecule has 0 unspecified atom stereocenters. The van der Waals surface area contributed by atoms with Gasteiger partial charge in [0.2, 0.25) is 0 Å². The Morgan fingerprint density at radius 3 is 2.90 bits per heavy atom. The van der Waals surface area contributed by atoms with Crippen molar-refractivity contribution in [2.24, 2.45) is 0 Å². The van der Waals surface area contributed by atoms with E-state index >= 15 is 0 Å². The van der Waals surface area contributed by atoms with Gasteiger partial charge in [-0.2, -0.15) is 5.10 Å². The first-order chi connectivity index (χ1) is 10.3. The van der Waals surface area contributed by atoms with E-state index in [1.165, 1.54) is 23.8 Å². The van der Waals surface area contributed by atoms with Crippen molar-refractivity contribution >= 4 is 33.5 Å². The number of para-hydroxylation sites is 1. The highest BCUT2D eigenvalue weighted by atomic mass is 127. The molecule has 1 N–H and O–H groups in total. The summed E-state index contributed by atoms with van der Waals surface area (Å²) in [5.74, 6) is 0.921. The van der Waals surface area contributed by atoms with Crippen LogP contribution < -0.4 is 5.32 Å². The lowest BCUT2D eigenvalue weighted by Crippen LogP contribution is -2.17. The summed E-state index contributed by atoms with van der Waals surface area (Å²) in [6, 6.07) is 11.1. The molecule has 3 aromatic rings. The molecule has 1 aliphatic rings. The van der Waals surface area contributed by atoms with E-state index in [0.717, 1.165) is 21.4 Å². The molecule has 4 nitrogen and oxygen atoms in total. The SMILES string of the molecule is Ic1cnn(-c2nc3ccccc3cc2CNC2CC2)c1. The van der Waals surface area contributed by atoms with E-state index in [-0.39, 0.29) is 0 Å². The predicted molar refractivity (Wildman–Crippen MR) is 91.4 cm³/mol. The lowest BCUT2D eigenvalue weighted by Gasteiger charge is -2.11. The molecule has 2 heterocycles. The van der Waals surface area contributed by atoms with Crippen LogP contribution in [0.15, 0.2) is 42.7 Å². The number of pyridine rings is 1.